The van der Waals surface area contributed by atoms with Gasteiger partial charge in [0.2, 0.25) is 0 Å². The summed E-state index contributed by atoms with van der Waals surface area (Å²) in [4.78, 5) is 40.8. The van der Waals surface area contributed by atoms with E-state index in [1.807, 2.05) is 17.0 Å². The van der Waals surface area contributed by atoms with E-state index in [1.54, 1.807) is 18.6 Å². The minimum atomic E-state index is -0.108. The summed E-state index contributed by atoms with van der Waals surface area (Å²) in [5.41, 5.74) is 1.95. The number of aromatic amines is 2. The molecule has 2 amide bonds. The molecule has 0 aromatic carbocycles. The minimum absolute atomic E-state index is 0.0231. The highest BCUT2D eigenvalue weighted by atomic mass is 16.2. The lowest BCUT2D eigenvalue weighted by molar-refractivity contribution is 0.0781. The zero-order valence-corrected chi connectivity index (χ0v) is 14.0. The molecule has 3 aromatic heterocycles. The topological polar surface area (TPSA) is 107 Å². The van der Waals surface area contributed by atoms with Gasteiger partial charge in [0.05, 0.1) is 12.5 Å². The zero-order chi connectivity index (χ0) is 17.7. The predicted octanol–water partition coefficient (Wildman–Crippen LogP) is 1.18. The van der Waals surface area contributed by atoms with Gasteiger partial charge in [0, 0.05) is 48.3 Å². The number of amides is 2. The third kappa shape index (κ3) is 2.37. The average molecular weight is 350 g/mol. The predicted molar refractivity (Wildman–Crippen MR) is 93.4 cm³/mol. The van der Waals surface area contributed by atoms with Gasteiger partial charge < -0.3 is 20.2 Å². The van der Waals surface area contributed by atoms with Gasteiger partial charge in [-0.3, -0.25) is 14.6 Å². The molecule has 3 atom stereocenters. The Kier molecular flexibility index (Phi) is 3.31. The van der Waals surface area contributed by atoms with Gasteiger partial charge in [-0.25, -0.2) is 4.98 Å². The largest absolute Gasteiger partial charge is 0.350 e. The van der Waals surface area contributed by atoms with E-state index in [9.17, 15) is 9.59 Å². The second-order valence-corrected chi connectivity index (χ2v) is 7.06. The van der Waals surface area contributed by atoms with Crippen LogP contribution in [0, 0.1) is 11.8 Å². The number of likely N-dealkylation sites (tertiary alicyclic amines) is 1. The number of nitrogens with one attached hydrogen (secondary N) is 3. The first kappa shape index (κ1) is 15.1. The van der Waals surface area contributed by atoms with Crippen molar-refractivity contribution in [2.45, 2.75) is 12.5 Å². The van der Waals surface area contributed by atoms with Gasteiger partial charge in [-0.1, -0.05) is 0 Å². The van der Waals surface area contributed by atoms with E-state index in [4.69, 9.17) is 0 Å². The Balaban J connectivity index is 1.24. The molecule has 132 valence electrons. The Hall–Kier alpha value is -3.16. The van der Waals surface area contributed by atoms with Crippen molar-refractivity contribution in [3.8, 4) is 0 Å². The van der Waals surface area contributed by atoms with E-state index in [0.717, 1.165) is 23.9 Å². The van der Waals surface area contributed by atoms with Crippen LogP contribution in [0.25, 0.3) is 10.9 Å². The van der Waals surface area contributed by atoms with Gasteiger partial charge in [0.25, 0.3) is 11.8 Å². The maximum absolute atomic E-state index is 12.6. The molecule has 0 bridgehead atoms. The molecule has 2 aliphatic rings. The molecule has 3 aromatic rings. The number of imidazole rings is 1. The van der Waals surface area contributed by atoms with Gasteiger partial charge in [0.1, 0.15) is 11.4 Å². The summed E-state index contributed by atoms with van der Waals surface area (Å²) >= 11 is 0. The monoisotopic (exact) mass is 350 g/mol. The normalized spacial score (nSPS) is 24.3. The Morgan fingerprint density at radius 2 is 2.12 bits per heavy atom. The van der Waals surface area contributed by atoms with Crippen LogP contribution in [0.2, 0.25) is 0 Å². The highest BCUT2D eigenvalue weighted by Crippen LogP contribution is 2.41. The van der Waals surface area contributed by atoms with Crippen molar-refractivity contribution in [2.75, 3.05) is 13.1 Å². The summed E-state index contributed by atoms with van der Waals surface area (Å²) in [5, 5.41) is 4.03. The molecule has 26 heavy (non-hydrogen) atoms. The molecule has 0 radical (unpaired) electrons. The number of hydrogen-bond donors (Lipinski definition) is 3. The quantitative estimate of drug-likeness (QED) is 0.659. The first-order valence-corrected chi connectivity index (χ1v) is 8.70. The molecule has 3 unspecified atom stereocenters. The summed E-state index contributed by atoms with van der Waals surface area (Å²) in [6, 6.07) is 3.77. The maximum Gasteiger partial charge on any atom is 0.271 e. The number of fused-ring (bicyclic) bond motifs is 2. The fraction of sp³-hybridized carbons (Fsp3) is 0.333. The van der Waals surface area contributed by atoms with Crippen LogP contribution in [-0.4, -0.2) is 55.8 Å². The van der Waals surface area contributed by atoms with E-state index >= 15 is 0 Å². The number of carbonyl (C=O) groups is 2. The highest BCUT2D eigenvalue weighted by Gasteiger charge is 2.49. The molecule has 1 saturated heterocycles. The van der Waals surface area contributed by atoms with Crippen LogP contribution in [0.5, 0.6) is 0 Å². The smallest absolute Gasteiger partial charge is 0.271 e. The van der Waals surface area contributed by atoms with Gasteiger partial charge in [-0.05, 0) is 24.5 Å². The molecule has 5 rings (SSSR count). The Bertz CT molecular complexity index is 946. The second kappa shape index (κ2) is 5.69. The Morgan fingerprint density at radius 3 is 2.92 bits per heavy atom. The third-order valence-electron chi connectivity index (χ3n) is 5.56. The van der Waals surface area contributed by atoms with Crippen LogP contribution in [0.15, 0.2) is 37.1 Å². The molecule has 8 nitrogen and oxygen atoms in total. The fourth-order valence-electron chi connectivity index (χ4n) is 4.12. The molecule has 4 heterocycles. The number of H-pyrrole nitrogens is 2. The van der Waals surface area contributed by atoms with Crippen molar-refractivity contribution in [1.82, 2.24) is 30.2 Å². The van der Waals surface area contributed by atoms with Crippen molar-refractivity contribution >= 4 is 22.7 Å². The van der Waals surface area contributed by atoms with Gasteiger partial charge >= 0.3 is 0 Å². The minimum Gasteiger partial charge on any atom is -0.350 e. The van der Waals surface area contributed by atoms with E-state index in [0.29, 0.717) is 29.8 Å². The average Bonchev–Trinajstić information content (AvgIpc) is 3.37. The number of carbonyl (C=O) groups excluding carboxylic acids is 2. The van der Waals surface area contributed by atoms with E-state index in [2.05, 4.69) is 25.3 Å². The molecule has 3 N–H and O–H groups in total. The van der Waals surface area contributed by atoms with Crippen molar-refractivity contribution in [3.05, 3.63) is 48.4 Å². The number of nitrogens with zero attached hydrogens (tertiary/aromatic N) is 3. The highest BCUT2D eigenvalue weighted by molar-refractivity contribution is 5.98. The number of rotatable bonds is 3. The van der Waals surface area contributed by atoms with Gasteiger partial charge in [-0.2, -0.15) is 0 Å². The van der Waals surface area contributed by atoms with Crippen LogP contribution in [0.1, 0.15) is 27.4 Å². The zero-order valence-electron chi connectivity index (χ0n) is 14.0. The van der Waals surface area contributed by atoms with Crippen LogP contribution in [0.3, 0.4) is 0 Å². The van der Waals surface area contributed by atoms with Crippen LogP contribution < -0.4 is 5.32 Å². The lowest BCUT2D eigenvalue weighted by atomic mass is 9.71. The Labute approximate surface area is 149 Å². The SMILES string of the molecule is O=C(NC1CC2CN(C(=O)c3cnc[nH]3)CC21)c1cc2cnccc2[nH]1. The molecule has 8 heteroatoms. The maximum atomic E-state index is 12.6. The second-order valence-electron chi connectivity index (χ2n) is 7.06. The van der Waals surface area contributed by atoms with Crippen molar-refractivity contribution in [2.24, 2.45) is 11.8 Å². The van der Waals surface area contributed by atoms with Crippen molar-refractivity contribution in [3.63, 3.8) is 0 Å². The van der Waals surface area contributed by atoms with Crippen molar-refractivity contribution in [1.29, 1.82) is 0 Å². The van der Waals surface area contributed by atoms with Gasteiger partial charge in [-0.15, -0.1) is 0 Å². The van der Waals surface area contributed by atoms with Crippen molar-refractivity contribution < 1.29 is 9.59 Å². The molecule has 0 spiro atoms. The molecule has 1 aliphatic carbocycles. The van der Waals surface area contributed by atoms with Crippen LogP contribution in [-0.2, 0) is 0 Å². The fourth-order valence-corrected chi connectivity index (χ4v) is 4.12. The summed E-state index contributed by atoms with van der Waals surface area (Å²) in [5.74, 6) is 0.643. The van der Waals surface area contributed by atoms with E-state index in [1.165, 1.54) is 6.33 Å². The van der Waals surface area contributed by atoms with E-state index in [-0.39, 0.29) is 17.9 Å². The molecule has 1 aliphatic heterocycles. The Morgan fingerprint density at radius 1 is 1.19 bits per heavy atom. The summed E-state index contributed by atoms with van der Waals surface area (Å²) < 4.78 is 0. The molecular weight excluding hydrogens is 332 g/mol. The lowest BCUT2D eigenvalue weighted by Gasteiger charge is -2.39. The molecule has 2 fully saturated rings. The summed E-state index contributed by atoms with van der Waals surface area (Å²) in [6.07, 6.45) is 7.40. The first-order chi connectivity index (χ1) is 12.7. The van der Waals surface area contributed by atoms with E-state index < -0.39 is 0 Å². The van der Waals surface area contributed by atoms with Gasteiger partial charge in [0.15, 0.2) is 0 Å². The molecule has 1 saturated carbocycles. The lowest BCUT2D eigenvalue weighted by Crippen LogP contribution is -2.52. The summed E-state index contributed by atoms with van der Waals surface area (Å²) in [6.45, 7) is 1.41. The van der Waals surface area contributed by atoms with Crippen LogP contribution in [0.4, 0.5) is 0 Å². The number of hydrogen-bond acceptors (Lipinski definition) is 4. The van der Waals surface area contributed by atoms with Crippen LogP contribution >= 0.6 is 0 Å². The summed E-state index contributed by atoms with van der Waals surface area (Å²) in [7, 11) is 0. The third-order valence-corrected chi connectivity index (χ3v) is 5.56. The first-order valence-electron chi connectivity index (χ1n) is 8.70. The molecular formula is C18H18N6O2. The number of aromatic nitrogens is 4. The standard InChI is InChI=1S/C18H18N6O2/c25-17(15-3-10-5-19-2-1-13(10)22-15)23-14-4-11-7-24(8-12(11)14)18(26)16-6-20-9-21-16/h1-3,5-6,9,11-12,14,22H,4,7-8H2,(H,20,21)(H,23,25). The number of pyridine rings is 1.